The van der Waals surface area contributed by atoms with Gasteiger partial charge in [-0.15, -0.1) is 12.4 Å². The number of halogens is 3. The van der Waals surface area contributed by atoms with Gasteiger partial charge in [0.05, 0.1) is 0 Å². The van der Waals surface area contributed by atoms with Crippen LogP contribution in [-0.4, -0.2) is 48.8 Å². The Hall–Kier alpha value is -2.31. The van der Waals surface area contributed by atoms with Crippen LogP contribution in [-0.2, 0) is 11.2 Å². The zero-order valence-electron chi connectivity index (χ0n) is 19.6. The van der Waals surface area contributed by atoms with Crippen LogP contribution in [0.5, 0.6) is 0 Å². The highest BCUT2D eigenvalue weighted by Gasteiger charge is 2.25. The predicted molar refractivity (Wildman–Crippen MR) is 135 cm³/mol. The lowest BCUT2D eigenvalue weighted by Gasteiger charge is -2.39. The van der Waals surface area contributed by atoms with Crippen LogP contribution in [0.15, 0.2) is 78.9 Å². The number of ether oxygens (including phenoxy) is 1. The van der Waals surface area contributed by atoms with Crippen molar-refractivity contribution in [2.75, 3.05) is 32.7 Å². The largest absolute Gasteiger partial charge is 0.351 e. The summed E-state index contributed by atoms with van der Waals surface area (Å²) in [7, 11) is 0. The Balaban J connectivity index is 0.00000324. The quantitative estimate of drug-likeness (QED) is 0.364. The van der Waals surface area contributed by atoms with Gasteiger partial charge in [-0.05, 0) is 67.3 Å². The summed E-state index contributed by atoms with van der Waals surface area (Å²) >= 11 is 0. The number of piperazine rings is 1. The highest BCUT2D eigenvalue weighted by Crippen LogP contribution is 2.29. The van der Waals surface area contributed by atoms with Crippen LogP contribution in [0.1, 0.15) is 36.1 Å². The molecule has 34 heavy (non-hydrogen) atoms. The normalized spacial score (nSPS) is 15.8. The number of rotatable bonds is 9. The molecule has 1 heterocycles. The molecule has 1 fully saturated rings. The summed E-state index contributed by atoms with van der Waals surface area (Å²) < 4.78 is 33.4. The molecule has 1 aliphatic heterocycles. The summed E-state index contributed by atoms with van der Waals surface area (Å²) in [4.78, 5) is 4.86. The number of aryl methyl sites for hydroxylation is 1. The van der Waals surface area contributed by atoms with Crippen molar-refractivity contribution in [1.82, 2.24) is 9.80 Å². The Kier molecular flexibility index (Phi) is 10.0. The number of benzene rings is 3. The van der Waals surface area contributed by atoms with E-state index >= 15 is 0 Å². The van der Waals surface area contributed by atoms with Crippen molar-refractivity contribution in [3.63, 3.8) is 0 Å². The van der Waals surface area contributed by atoms with E-state index in [9.17, 15) is 8.78 Å². The molecule has 3 aromatic rings. The fraction of sp³-hybridized carbons (Fsp3) is 0.357. The minimum atomic E-state index is -0.384. The van der Waals surface area contributed by atoms with E-state index in [1.54, 1.807) is 24.3 Å². The van der Waals surface area contributed by atoms with Crippen molar-refractivity contribution in [2.24, 2.45) is 0 Å². The monoisotopic (exact) mass is 486 g/mol. The van der Waals surface area contributed by atoms with Gasteiger partial charge < -0.3 is 9.64 Å². The van der Waals surface area contributed by atoms with Gasteiger partial charge in [-0.25, -0.2) is 8.78 Å². The van der Waals surface area contributed by atoms with Crippen LogP contribution in [0, 0.1) is 11.6 Å². The average molecular weight is 487 g/mol. The van der Waals surface area contributed by atoms with Gasteiger partial charge in [0.1, 0.15) is 24.0 Å². The van der Waals surface area contributed by atoms with Crippen molar-refractivity contribution < 1.29 is 13.5 Å². The molecule has 0 saturated carbocycles. The zero-order valence-corrected chi connectivity index (χ0v) is 20.4. The maximum absolute atomic E-state index is 13.5. The molecular weight excluding hydrogens is 454 g/mol. The van der Waals surface area contributed by atoms with E-state index < -0.39 is 0 Å². The van der Waals surface area contributed by atoms with Gasteiger partial charge in [0.15, 0.2) is 0 Å². The predicted octanol–water partition coefficient (Wildman–Crippen LogP) is 6.09. The summed E-state index contributed by atoms with van der Waals surface area (Å²) in [5, 5.41) is 0. The molecule has 3 aromatic carbocycles. The second kappa shape index (κ2) is 13.0. The minimum Gasteiger partial charge on any atom is -0.351 e. The van der Waals surface area contributed by atoms with Crippen LogP contribution >= 0.6 is 12.4 Å². The summed E-state index contributed by atoms with van der Waals surface area (Å²) in [6.45, 7) is 7.06. The molecule has 0 radical (unpaired) electrons. The molecule has 1 unspecified atom stereocenters. The third-order valence-corrected chi connectivity index (χ3v) is 6.38. The highest BCUT2D eigenvalue weighted by atomic mass is 35.5. The second-order valence-electron chi connectivity index (χ2n) is 8.69. The molecule has 0 N–H and O–H groups in total. The lowest BCUT2D eigenvalue weighted by molar-refractivity contribution is -0.0906. The van der Waals surface area contributed by atoms with E-state index in [0.29, 0.717) is 0 Å². The van der Waals surface area contributed by atoms with Crippen LogP contribution < -0.4 is 0 Å². The van der Waals surface area contributed by atoms with Crippen LogP contribution in [0.3, 0.4) is 0 Å². The molecule has 182 valence electrons. The fourth-order valence-corrected chi connectivity index (χ4v) is 4.41. The molecule has 6 heteroatoms. The molecule has 0 aliphatic carbocycles. The first-order valence-electron chi connectivity index (χ1n) is 11.8. The van der Waals surface area contributed by atoms with Gasteiger partial charge in [0, 0.05) is 26.2 Å². The van der Waals surface area contributed by atoms with Crippen molar-refractivity contribution in [3.05, 3.63) is 107 Å². The Morgan fingerprint density at radius 3 is 1.82 bits per heavy atom. The first-order valence-corrected chi connectivity index (χ1v) is 11.8. The smallest absolute Gasteiger partial charge is 0.123 e. The molecular formula is C28H33ClF2N2O. The van der Waals surface area contributed by atoms with E-state index in [2.05, 4.69) is 47.1 Å². The van der Waals surface area contributed by atoms with Crippen molar-refractivity contribution in [1.29, 1.82) is 0 Å². The second-order valence-corrected chi connectivity index (χ2v) is 8.69. The highest BCUT2D eigenvalue weighted by molar-refractivity contribution is 5.85. The standard InChI is InChI=1S/C28H32F2N2O.ClH/c1-22(32-20-18-31(19-21-32)17-5-8-23-6-3-2-4-7-23)33-28(24-9-13-26(29)14-10-24)25-11-15-27(30)16-12-25;/h2-4,6-7,9-16,22,28H,5,8,17-21H2,1H3;1H. The van der Waals surface area contributed by atoms with Crippen LogP contribution in [0.25, 0.3) is 0 Å². The van der Waals surface area contributed by atoms with Gasteiger partial charge in [-0.3, -0.25) is 4.90 Å². The van der Waals surface area contributed by atoms with E-state index in [4.69, 9.17) is 4.74 Å². The van der Waals surface area contributed by atoms with Crippen LogP contribution in [0.2, 0.25) is 0 Å². The average Bonchev–Trinajstić information content (AvgIpc) is 2.85. The molecule has 1 saturated heterocycles. The van der Waals surface area contributed by atoms with Crippen LogP contribution in [0.4, 0.5) is 8.78 Å². The van der Waals surface area contributed by atoms with Crippen molar-refractivity contribution in [2.45, 2.75) is 32.1 Å². The maximum atomic E-state index is 13.5. The molecule has 1 aliphatic rings. The minimum absolute atomic E-state index is 0. The molecule has 0 amide bonds. The van der Waals surface area contributed by atoms with E-state index in [1.807, 2.05) is 0 Å². The SMILES string of the molecule is CC(OC(c1ccc(F)cc1)c1ccc(F)cc1)N1CCN(CCCc2ccccc2)CC1.Cl. The first kappa shape index (κ1) is 26.3. The summed E-state index contributed by atoms with van der Waals surface area (Å²) in [5.74, 6) is -0.568. The fourth-order valence-electron chi connectivity index (χ4n) is 4.41. The van der Waals surface area contributed by atoms with E-state index in [-0.39, 0.29) is 36.4 Å². The molecule has 0 aromatic heterocycles. The van der Waals surface area contributed by atoms with E-state index in [1.165, 1.54) is 29.8 Å². The third-order valence-electron chi connectivity index (χ3n) is 6.38. The number of hydrogen-bond acceptors (Lipinski definition) is 3. The Morgan fingerprint density at radius 2 is 1.29 bits per heavy atom. The lowest BCUT2D eigenvalue weighted by Crippen LogP contribution is -2.50. The first-order chi connectivity index (χ1) is 16.1. The zero-order chi connectivity index (χ0) is 23.0. The Bertz CT molecular complexity index is 932. The van der Waals surface area contributed by atoms with Crippen molar-refractivity contribution in [3.8, 4) is 0 Å². The lowest BCUT2D eigenvalue weighted by atomic mass is 10.0. The molecule has 4 rings (SSSR count). The Morgan fingerprint density at radius 1 is 0.765 bits per heavy atom. The van der Waals surface area contributed by atoms with Gasteiger partial charge in [-0.1, -0.05) is 54.6 Å². The number of nitrogens with zero attached hydrogens (tertiary/aromatic N) is 2. The molecule has 0 bridgehead atoms. The van der Waals surface area contributed by atoms with Gasteiger partial charge in [0.2, 0.25) is 0 Å². The van der Waals surface area contributed by atoms with E-state index in [0.717, 1.165) is 56.7 Å². The molecule has 0 spiro atoms. The summed E-state index contributed by atoms with van der Waals surface area (Å²) in [6.07, 6.45) is 1.77. The van der Waals surface area contributed by atoms with Gasteiger partial charge >= 0.3 is 0 Å². The third kappa shape index (κ3) is 7.34. The topological polar surface area (TPSA) is 15.7 Å². The van der Waals surface area contributed by atoms with Crippen molar-refractivity contribution >= 4 is 12.4 Å². The van der Waals surface area contributed by atoms with Gasteiger partial charge in [0.25, 0.3) is 0 Å². The number of hydrogen-bond donors (Lipinski definition) is 0. The van der Waals surface area contributed by atoms with Gasteiger partial charge in [-0.2, -0.15) is 0 Å². The Labute approximate surface area is 207 Å². The molecule has 3 nitrogen and oxygen atoms in total. The summed E-state index contributed by atoms with van der Waals surface area (Å²) in [5.41, 5.74) is 3.11. The molecule has 1 atom stereocenters. The summed E-state index contributed by atoms with van der Waals surface area (Å²) in [6, 6.07) is 23.3. The maximum Gasteiger partial charge on any atom is 0.123 e.